The second-order valence-corrected chi connectivity index (χ2v) is 5.83. The van der Waals surface area contributed by atoms with Gasteiger partial charge in [-0.1, -0.05) is 0 Å². The summed E-state index contributed by atoms with van der Waals surface area (Å²) in [5.41, 5.74) is 0.0839. The second-order valence-electron chi connectivity index (χ2n) is 5.83. The van der Waals surface area contributed by atoms with Gasteiger partial charge in [0.05, 0.1) is 0 Å². The van der Waals surface area contributed by atoms with Gasteiger partial charge in [0.2, 0.25) is 0 Å². The number of alkyl halides is 3. The van der Waals surface area contributed by atoms with Gasteiger partial charge in [0.15, 0.2) is 24.8 Å². The number of hydrogen-bond donors (Lipinski definition) is 0. The molecular formula is C17H19F3N2+2. The Labute approximate surface area is 127 Å². The number of rotatable bonds is 2. The van der Waals surface area contributed by atoms with Gasteiger partial charge in [-0.05, 0) is 31.9 Å². The highest BCUT2D eigenvalue weighted by Crippen LogP contribution is 2.55. The third-order valence-corrected chi connectivity index (χ3v) is 4.70. The Morgan fingerprint density at radius 3 is 1.64 bits per heavy atom. The largest absolute Gasteiger partial charge is 0.402 e. The van der Waals surface area contributed by atoms with Crippen LogP contribution in [0.3, 0.4) is 0 Å². The maximum absolute atomic E-state index is 14.0. The van der Waals surface area contributed by atoms with Crippen molar-refractivity contribution in [1.82, 2.24) is 0 Å². The maximum atomic E-state index is 14.0. The van der Waals surface area contributed by atoms with Gasteiger partial charge in [-0.15, -0.1) is 0 Å². The van der Waals surface area contributed by atoms with Crippen LogP contribution < -0.4 is 9.13 Å². The average Bonchev–Trinajstić information content (AvgIpc) is 2.76. The zero-order chi connectivity index (χ0) is 16.1. The van der Waals surface area contributed by atoms with Crippen LogP contribution >= 0.6 is 0 Å². The molecule has 0 unspecified atom stereocenters. The smallest absolute Gasteiger partial charge is 0.205 e. The van der Waals surface area contributed by atoms with E-state index in [1.807, 2.05) is 26.2 Å². The molecule has 3 rings (SSSR count). The van der Waals surface area contributed by atoms with Crippen LogP contribution in [0.4, 0.5) is 13.2 Å². The molecule has 0 N–H and O–H groups in total. The standard InChI is InChI=1S/C17H19F3N2/c1-4-21-8-6-12-13-7-9-22(5-2)11-15(13)16(3,14(12)10-21)17(18,19)20/h6-11H,4-5H2,1-3H3/q+2. The van der Waals surface area contributed by atoms with Crippen LogP contribution in [0.1, 0.15) is 31.9 Å². The summed E-state index contributed by atoms with van der Waals surface area (Å²) < 4.78 is 45.5. The minimum atomic E-state index is -4.34. The SMILES string of the molecule is CC[n+]1ccc2c(c1)C(C)(C(F)(F)F)c1c[n+](CC)ccc1-2. The molecule has 0 atom stereocenters. The summed E-state index contributed by atoms with van der Waals surface area (Å²) in [5.74, 6) is 0. The molecule has 0 bridgehead atoms. The van der Waals surface area contributed by atoms with Gasteiger partial charge < -0.3 is 0 Å². The summed E-state index contributed by atoms with van der Waals surface area (Å²) in [6, 6.07) is 3.59. The van der Waals surface area contributed by atoms with E-state index in [-0.39, 0.29) is 0 Å². The van der Waals surface area contributed by atoms with Gasteiger partial charge in [0, 0.05) is 23.3 Å². The summed E-state index contributed by atoms with van der Waals surface area (Å²) >= 11 is 0. The molecule has 0 saturated carbocycles. The van der Waals surface area contributed by atoms with E-state index >= 15 is 0 Å². The number of halogens is 3. The monoisotopic (exact) mass is 308 g/mol. The normalized spacial score (nSPS) is 15.5. The summed E-state index contributed by atoms with van der Waals surface area (Å²) in [5, 5.41) is 0. The Kier molecular flexibility index (Phi) is 3.27. The van der Waals surface area contributed by atoms with Crippen LogP contribution in [-0.2, 0) is 18.5 Å². The van der Waals surface area contributed by atoms with Gasteiger partial charge in [0.25, 0.3) is 0 Å². The van der Waals surface area contributed by atoms with Crippen molar-refractivity contribution in [3.05, 3.63) is 48.0 Å². The van der Waals surface area contributed by atoms with Gasteiger partial charge in [-0.3, -0.25) is 0 Å². The predicted octanol–water partition coefficient (Wildman–Crippen LogP) is 3.15. The van der Waals surface area contributed by atoms with Crippen molar-refractivity contribution in [2.45, 2.75) is 45.5 Å². The summed E-state index contributed by atoms with van der Waals surface area (Å²) in [7, 11) is 0. The Morgan fingerprint density at radius 1 is 0.909 bits per heavy atom. The molecule has 2 nitrogen and oxygen atoms in total. The number of hydrogen-bond acceptors (Lipinski definition) is 0. The molecule has 0 aromatic carbocycles. The van der Waals surface area contributed by atoms with E-state index < -0.39 is 11.6 Å². The van der Waals surface area contributed by atoms with Crippen molar-refractivity contribution in [2.75, 3.05) is 0 Å². The highest BCUT2D eigenvalue weighted by atomic mass is 19.4. The molecule has 0 fully saturated rings. The molecule has 0 amide bonds. The zero-order valence-corrected chi connectivity index (χ0v) is 12.9. The average molecular weight is 308 g/mol. The fraction of sp³-hybridized carbons (Fsp3) is 0.412. The molecular weight excluding hydrogens is 289 g/mol. The van der Waals surface area contributed by atoms with E-state index in [1.165, 1.54) is 6.92 Å². The van der Waals surface area contributed by atoms with Crippen molar-refractivity contribution >= 4 is 0 Å². The number of aryl methyl sites for hydroxylation is 2. The van der Waals surface area contributed by atoms with E-state index in [0.29, 0.717) is 35.3 Å². The maximum Gasteiger partial charge on any atom is 0.402 e. The van der Waals surface area contributed by atoms with Crippen LogP contribution in [0.15, 0.2) is 36.9 Å². The number of fused-ring (bicyclic) bond motifs is 3. The summed E-state index contributed by atoms with van der Waals surface area (Å²) in [6.07, 6.45) is 2.61. The summed E-state index contributed by atoms with van der Waals surface area (Å²) in [4.78, 5) is 0. The summed E-state index contributed by atoms with van der Waals surface area (Å²) in [6.45, 7) is 6.42. The fourth-order valence-electron chi connectivity index (χ4n) is 3.19. The van der Waals surface area contributed by atoms with E-state index in [4.69, 9.17) is 0 Å². The Balaban J connectivity index is 2.35. The predicted molar refractivity (Wildman–Crippen MR) is 76.1 cm³/mol. The number of pyridine rings is 2. The quantitative estimate of drug-likeness (QED) is 0.753. The zero-order valence-electron chi connectivity index (χ0n) is 12.9. The third kappa shape index (κ3) is 1.87. The van der Waals surface area contributed by atoms with Gasteiger partial charge in [0.1, 0.15) is 18.5 Å². The van der Waals surface area contributed by atoms with E-state index in [2.05, 4.69) is 0 Å². The molecule has 2 aromatic rings. The van der Waals surface area contributed by atoms with Crippen molar-refractivity contribution < 1.29 is 22.3 Å². The molecule has 0 radical (unpaired) electrons. The minimum absolute atomic E-state index is 0.341. The first-order valence-corrected chi connectivity index (χ1v) is 7.47. The highest BCUT2D eigenvalue weighted by molar-refractivity contribution is 5.79. The van der Waals surface area contributed by atoms with Crippen LogP contribution in [0.25, 0.3) is 11.1 Å². The van der Waals surface area contributed by atoms with Crippen LogP contribution in [0.2, 0.25) is 0 Å². The molecule has 116 valence electrons. The lowest BCUT2D eigenvalue weighted by Crippen LogP contribution is -2.43. The molecule has 5 heteroatoms. The molecule has 2 aromatic heterocycles. The first-order valence-electron chi connectivity index (χ1n) is 7.47. The van der Waals surface area contributed by atoms with Gasteiger partial charge in [-0.25, -0.2) is 9.13 Å². The van der Waals surface area contributed by atoms with Crippen LogP contribution in [-0.4, -0.2) is 6.18 Å². The lowest BCUT2D eigenvalue weighted by Gasteiger charge is -2.27. The molecule has 22 heavy (non-hydrogen) atoms. The van der Waals surface area contributed by atoms with Crippen molar-refractivity contribution in [1.29, 1.82) is 0 Å². The molecule has 1 aliphatic carbocycles. The lowest BCUT2D eigenvalue weighted by molar-refractivity contribution is -0.694. The Bertz CT molecular complexity index is 682. The lowest BCUT2D eigenvalue weighted by atomic mass is 9.80. The van der Waals surface area contributed by atoms with Crippen molar-refractivity contribution in [2.24, 2.45) is 0 Å². The molecule has 1 aliphatic rings. The van der Waals surface area contributed by atoms with E-state index in [0.717, 1.165) is 0 Å². The highest BCUT2D eigenvalue weighted by Gasteiger charge is 2.60. The van der Waals surface area contributed by atoms with E-state index in [1.54, 1.807) is 33.7 Å². The van der Waals surface area contributed by atoms with E-state index in [9.17, 15) is 13.2 Å². The molecule has 0 aliphatic heterocycles. The van der Waals surface area contributed by atoms with Gasteiger partial charge >= 0.3 is 6.18 Å². The number of nitrogens with zero attached hydrogens (tertiary/aromatic N) is 2. The Hall–Kier alpha value is -1.91. The fourth-order valence-corrected chi connectivity index (χ4v) is 3.19. The number of aromatic nitrogens is 2. The molecule has 0 spiro atoms. The topological polar surface area (TPSA) is 7.76 Å². The first-order chi connectivity index (χ1) is 10.3. The molecule has 0 saturated heterocycles. The van der Waals surface area contributed by atoms with Crippen LogP contribution in [0.5, 0.6) is 0 Å². The first kappa shape index (κ1) is 15.0. The van der Waals surface area contributed by atoms with Crippen molar-refractivity contribution in [3.63, 3.8) is 0 Å². The Morgan fingerprint density at radius 2 is 1.32 bits per heavy atom. The van der Waals surface area contributed by atoms with Crippen molar-refractivity contribution in [3.8, 4) is 11.1 Å². The van der Waals surface area contributed by atoms with Crippen LogP contribution in [0, 0.1) is 0 Å². The minimum Gasteiger partial charge on any atom is -0.205 e. The second kappa shape index (κ2) is 4.80. The molecule has 2 heterocycles. The third-order valence-electron chi connectivity index (χ3n) is 4.70. The van der Waals surface area contributed by atoms with Gasteiger partial charge in [-0.2, -0.15) is 13.2 Å².